The third-order valence-electron chi connectivity index (χ3n) is 5.17. The molecule has 0 aromatic heterocycles. The molecule has 1 aromatic carbocycles. The van der Waals surface area contributed by atoms with Crippen molar-refractivity contribution in [2.75, 3.05) is 6.54 Å². The van der Waals surface area contributed by atoms with E-state index in [0.29, 0.717) is 23.8 Å². The number of nitrogens with zero attached hydrogens (tertiary/aromatic N) is 1. The Labute approximate surface area is 171 Å². The number of carbonyl (C=O) groups is 4. The fourth-order valence-electron chi connectivity index (χ4n) is 3.46. The van der Waals surface area contributed by atoms with Crippen LogP contribution in [0.4, 0.5) is 4.79 Å². The lowest BCUT2D eigenvalue weighted by atomic mass is 9.77. The summed E-state index contributed by atoms with van der Waals surface area (Å²) in [7, 11) is 0. The van der Waals surface area contributed by atoms with Gasteiger partial charge in [-0.05, 0) is 49.8 Å². The predicted molar refractivity (Wildman–Crippen MR) is 103 cm³/mol. The van der Waals surface area contributed by atoms with Crippen LogP contribution in [-0.4, -0.2) is 40.7 Å². The number of amides is 5. The summed E-state index contributed by atoms with van der Waals surface area (Å²) in [5.41, 5.74) is 3.60. The van der Waals surface area contributed by atoms with E-state index in [4.69, 9.17) is 23.2 Å². The Morgan fingerprint density at radius 2 is 1.89 bits per heavy atom. The summed E-state index contributed by atoms with van der Waals surface area (Å²) in [4.78, 5) is 50.0. The Morgan fingerprint density at radius 1 is 1.21 bits per heavy atom. The summed E-state index contributed by atoms with van der Waals surface area (Å²) in [6, 6.07) is 3.71. The summed E-state index contributed by atoms with van der Waals surface area (Å²) in [5.74, 6) is -1.25. The molecule has 3 N–H and O–H groups in total. The van der Waals surface area contributed by atoms with Crippen molar-refractivity contribution < 1.29 is 19.2 Å². The maximum atomic E-state index is 12.7. The molecule has 1 aliphatic heterocycles. The molecule has 28 heavy (non-hydrogen) atoms. The molecule has 5 amide bonds. The highest BCUT2D eigenvalue weighted by atomic mass is 35.5. The van der Waals surface area contributed by atoms with Crippen LogP contribution in [0.2, 0.25) is 10.0 Å². The molecular weight excluding hydrogens is 407 g/mol. The normalized spacial score (nSPS) is 24.2. The summed E-state index contributed by atoms with van der Waals surface area (Å²) < 4.78 is 0. The summed E-state index contributed by atoms with van der Waals surface area (Å²) in [5, 5.41) is 3.24. The Hall–Kier alpha value is -2.32. The van der Waals surface area contributed by atoms with Crippen LogP contribution in [0.15, 0.2) is 18.2 Å². The number of hydrogen-bond acceptors (Lipinski definition) is 4. The molecule has 1 aliphatic carbocycles. The molecule has 1 spiro atoms. The van der Waals surface area contributed by atoms with E-state index in [9.17, 15) is 19.2 Å². The van der Waals surface area contributed by atoms with E-state index in [-0.39, 0.29) is 10.6 Å². The van der Waals surface area contributed by atoms with E-state index in [1.165, 1.54) is 18.2 Å². The van der Waals surface area contributed by atoms with Gasteiger partial charge in [0.1, 0.15) is 12.1 Å². The van der Waals surface area contributed by atoms with Crippen LogP contribution in [-0.2, 0) is 9.59 Å². The van der Waals surface area contributed by atoms with E-state index >= 15 is 0 Å². The minimum absolute atomic E-state index is 0.122. The molecule has 2 fully saturated rings. The first kappa shape index (κ1) is 20.4. The van der Waals surface area contributed by atoms with Gasteiger partial charge >= 0.3 is 6.03 Å². The average Bonchev–Trinajstić information content (AvgIpc) is 2.86. The van der Waals surface area contributed by atoms with Gasteiger partial charge in [-0.3, -0.25) is 30.1 Å². The van der Waals surface area contributed by atoms with Gasteiger partial charge in [0.25, 0.3) is 17.7 Å². The molecular formula is C18H20Cl2N4O4. The van der Waals surface area contributed by atoms with Crippen molar-refractivity contribution in [3.8, 4) is 0 Å². The van der Waals surface area contributed by atoms with E-state index in [0.717, 1.165) is 17.7 Å². The molecule has 10 heteroatoms. The van der Waals surface area contributed by atoms with Crippen LogP contribution in [0.1, 0.15) is 43.0 Å². The SMILES string of the molecule is CC1CCC2(CC1)NC(=O)N(CC(=O)NNC(=O)c1ccc(Cl)cc1Cl)C2=O. The number of halogens is 2. The van der Waals surface area contributed by atoms with Gasteiger partial charge in [-0.15, -0.1) is 0 Å². The number of hydrogen-bond donors (Lipinski definition) is 3. The van der Waals surface area contributed by atoms with Crippen molar-refractivity contribution in [3.05, 3.63) is 33.8 Å². The fourth-order valence-corrected chi connectivity index (χ4v) is 3.96. The number of hydrazine groups is 1. The molecule has 150 valence electrons. The monoisotopic (exact) mass is 426 g/mol. The third kappa shape index (κ3) is 4.07. The quantitative estimate of drug-likeness (QED) is 0.508. The van der Waals surface area contributed by atoms with Crippen molar-refractivity contribution in [3.63, 3.8) is 0 Å². The van der Waals surface area contributed by atoms with E-state index in [1.54, 1.807) is 0 Å². The topological polar surface area (TPSA) is 108 Å². The van der Waals surface area contributed by atoms with E-state index < -0.39 is 35.8 Å². The molecule has 1 saturated carbocycles. The third-order valence-corrected chi connectivity index (χ3v) is 5.71. The first-order valence-corrected chi connectivity index (χ1v) is 9.66. The molecule has 8 nitrogen and oxygen atoms in total. The van der Waals surface area contributed by atoms with Crippen LogP contribution >= 0.6 is 23.2 Å². The number of nitrogens with one attached hydrogen (secondary N) is 3. The summed E-state index contributed by atoms with van der Waals surface area (Å²) >= 11 is 11.7. The second-order valence-corrected chi connectivity index (χ2v) is 8.06. The molecule has 1 aromatic rings. The fraction of sp³-hybridized carbons (Fsp3) is 0.444. The molecule has 2 aliphatic rings. The zero-order valence-corrected chi connectivity index (χ0v) is 16.7. The first-order valence-electron chi connectivity index (χ1n) is 8.90. The van der Waals surface area contributed by atoms with E-state index in [2.05, 4.69) is 23.1 Å². The minimum Gasteiger partial charge on any atom is -0.323 e. The lowest BCUT2D eigenvalue weighted by Crippen LogP contribution is -2.50. The molecule has 0 radical (unpaired) electrons. The Kier molecular flexibility index (Phi) is 5.81. The second kappa shape index (κ2) is 7.97. The van der Waals surface area contributed by atoms with Gasteiger partial charge < -0.3 is 5.32 Å². The van der Waals surface area contributed by atoms with Gasteiger partial charge in [-0.1, -0.05) is 30.1 Å². The lowest BCUT2D eigenvalue weighted by Gasteiger charge is -2.33. The largest absolute Gasteiger partial charge is 0.325 e. The van der Waals surface area contributed by atoms with Crippen LogP contribution in [0, 0.1) is 5.92 Å². The highest BCUT2D eigenvalue weighted by Crippen LogP contribution is 2.36. The van der Waals surface area contributed by atoms with Gasteiger partial charge in [0.05, 0.1) is 10.6 Å². The molecule has 1 saturated heterocycles. The Morgan fingerprint density at radius 3 is 2.54 bits per heavy atom. The summed E-state index contributed by atoms with van der Waals surface area (Å²) in [6.07, 6.45) is 2.79. The smallest absolute Gasteiger partial charge is 0.323 e. The van der Waals surface area contributed by atoms with Crippen LogP contribution in [0.3, 0.4) is 0 Å². The van der Waals surface area contributed by atoms with Crippen LogP contribution in [0.25, 0.3) is 0 Å². The highest BCUT2D eigenvalue weighted by Gasteiger charge is 2.52. The number of imide groups is 1. The molecule has 0 bridgehead atoms. The van der Waals surface area contributed by atoms with Gasteiger partial charge in [-0.25, -0.2) is 4.79 Å². The standard InChI is InChI=1S/C18H20Cl2N4O4/c1-10-4-6-18(7-5-10)16(27)24(17(28)21-18)9-14(25)22-23-15(26)12-3-2-11(19)8-13(12)20/h2-3,8,10H,4-7,9H2,1H3,(H,21,28)(H,22,25)(H,23,26). The zero-order valence-electron chi connectivity index (χ0n) is 15.2. The van der Waals surface area contributed by atoms with Gasteiger partial charge in [0, 0.05) is 5.02 Å². The molecule has 0 unspecified atom stereocenters. The number of urea groups is 1. The number of benzene rings is 1. The van der Waals surface area contributed by atoms with Gasteiger partial charge in [0.2, 0.25) is 0 Å². The average molecular weight is 427 g/mol. The van der Waals surface area contributed by atoms with Gasteiger partial charge in [-0.2, -0.15) is 0 Å². The predicted octanol–water partition coefficient (Wildman–Crippen LogP) is 2.26. The van der Waals surface area contributed by atoms with Crippen molar-refractivity contribution in [2.24, 2.45) is 5.92 Å². The Bertz CT molecular complexity index is 837. The van der Waals surface area contributed by atoms with Gasteiger partial charge in [0.15, 0.2) is 0 Å². The lowest BCUT2D eigenvalue weighted by molar-refractivity contribution is -0.136. The number of rotatable bonds is 3. The van der Waals surface area contributed by atoms with Crippen LogP contribution < -0.4 is 16.2 Å². The first-order chi connectivity index (χ1) is 13.2. The maximum absolute atomic E-state index is 12.7. The zero-order chi connectivity index (χ0) is 20.5. The Balaban J connectivity index is 1.57. The maximum Gasteiger partial charge on any atom is 0.325 e. The minimum atomic E-state index is -0.913. The molecule has 1 heterocycles. The van der Waals surface area contributed by atoms with Crippen molar-refractivity contribution in [1.29, 1.82) is 0 Å². The molecule has 0 atom stereocenters. The van der Waals surface area contributed by atoms with Crippen molar-refractivity contribution >= 4 is 47.0 Å². The van der Waals surface area contributed by atoms with E-state index in [1.807, 2.05) is 0 Å². The highest BCUT2D eigenvalue weighted by molar-refractivity contribution is 6.36. The molecule has 3 rings (SSSR count). The van der Waals surface area contributed by atoms with Crippen molar-refractivity contribution in [1.82, 2.24) is 21.1 Å². The summed E-state index contributed by atoms with van der Waals surface area (Å²) in [6.45, 7) is 1.62. The number of carbonyl (C=O) groups excluding carboxylic acids is 4. The van der Waals surface area contributed by atoms with Crippen molar-refractivity contribution in [2.45, 2.75) is 38.1 Å². The van der Waals surface area contributed by atoms with Crippen LogP contribution in [0.5, 0.6) is 0 Å². The second-order valence-electron chi connectivity index (χ2n) is 7.21.